The third-order valence-corrected chi connectivity index (χ3v) is 4.15. The molecule has 0 saturated heterocycles. The van der Waals surface area contributed by atoms with Crippen LogP contribution < -0.4 is 0 Å². The average molecular weight is 299 g/mol. The van der Waals surface area contributed by atoms with Crippen LogP contribution in [0.25, 0.3) is 0 Å². The summed E-state index contributed by atoms with van der Waals surface area (Å²) >= 11 is 13.5. The second-order valence-electron chi connectivity index (χ2n) is 3.77. The van der Waals surface area contributed by atoms with E-state index in [1.807, 2.05) is 38.1 Å². The zero-order valence-corrected chi connectivity index (χ0v) is 12.4. The van der Waals surface area contributed by atoms with Crippen molar-refractivity contribution in [3.8, 4) is 0 Å². The van der Waals surface area contributed by atoms with Crippen molar-refractivity contribution < 1.29 is 0 Å². The molecular formula is C13H12Cl2N2S. The van der Waals surface area contributed by atoms with Gasteiger partial charge in [0.2, 0.25) is 0 Å². The third kappa shape index (κ3) is 3.16. The highest BCUT2D eigenvalue weighted by Crippen LogP contribution is 2.31. The van der Waals surface area contributed by atoms with Crippen LogP contribution in [-0.2, 0) is 6.42 Å². The van der Waals surface area contributed by atoms with Gasteiger partial charge in [-0.3, -0.25) is 0 Å². The Hall–Kier alpha value is -0.770. The van der Waals surface area contributed by atoms with Crippen LogP contribution in [0.3, 0.4) is 0 Å². The number of aryl methyl sites for hydroxylation is 1. The number of aromatic nitrogens is 2. The van der Waals surface area contributed by atoms with Crippen LogP contribution in [0.15, 0.2) is 34.2 Å². The summed E-state index contributed by atoms with van der Waals surface area (Å²) in [4.78, 5) is 9.81. The number of benzene rings is 1. The molecular weight excluding hydrogens is 287 g/mol. The molecule has 0 fully saturated rings. The lowest BCUT2D eigenvalue weighted by Crippen LogP contribution is -1.98. The summed E-state index contributed by atoms with van der Waals surface area (Å²) in [6, 6.07) is 7.66. The van der Waals surface area contributed by atoms with Crippen molar-refractivity contribution in [2.75, 3.05) is 0 Å². The molecule has 1 heterocycles. The predicted octanol–water partition coefficient (Wildman–Crippen LogP) is 4.81. The quantitative estimate of drug-likeness (QED) is 0.761. The van der Waals surface area contributed by atoms with Gasteiger partial charge in [-0.15, -0.1) is 0 Å². The Balaban J connectivity index is 2.33. The molecule has 0 bridgehead atoms. The van der Waals surface area contributed by atoms with E-state index in [1.165, 1.54) is 0 Å². The normalized spacial score (nSPS) is 10.7. The highest BCUT2D eigenvalue weighted by Gasteiger charge is 2.10. The summed E-state index contributed by atoms with van der Waals surface area (Å²) in [5.41, 5.74) is 0.911. The molecule has 1 aromatic carbocycles. The molecule has 0 saturated carbocycles. The second-order valence-corrected chi connectivity index (χ2v) is 5.63. The monoisotopic (exact) mass is 298 g/mol. The van der Waals surface area contributed by atoms with Crippen LogP contribution in [-0.4, -0.2) is 9.97 Å². The molecule has 0 radical (unpaired) electrons. The Morgan fingerprint density at radius 2 is 1.78 bits per heavy atom. The van der Waals surface area contributed by atoms with E-state index in [2.05, 4.69) is 9.97 Å². The van der Waals surface area contributed by atoms with E-state index in [1.54, 1.807) is 11.8 Å². The standard InChI is InChI=1S/C13H12Cl2N2S/c1-3-11-16-12(15)8(2)13(17-11)18-10-6-4-9(14)5-7-10/h4-7H,3H2,1-2H3. The van der Waals surface area contributed by atoms with E-state index in [0.29, 0.717) is 5.15 Å². The molecule has 2 nitrogen and oxygen atoms in total. The molecule has 0 aliphatic heterocycles. The van der Waals surface area contributed by atoms with Gasteiger partial charge in [0.15, 0.2) is 0 Å². The highest BCUT2D eigenvalue weighted by atomic mass is 35.5. The zero-order valence-electron chi connectivity index (χ0n) is 10.1. The lowest BCUT2D eigenvalue weighted by Gasteiger charge is -2.08. The zero-order chi connectivity index (χ0) is 13.1. The molecule has 5 heteroatoms. The lowest BCUT2D eigenvalue weighted by molar-refractivity contribution is 0.872. The van der Waals surface area contributed by atoms with Crippen molar-refractivity contribution >= 4 is 35.0 Å². The first-order chi connectivity index (χ1) is 8.60. The van der Waals surface area contributed by atoms with Gasteiger partial charge in [-0.05, 0) is 31.2 Å². The van der Waals surface area contributed by atoms with Crippen molar-refractivity contribution in [1.82, 2.24) is 9.97 Å². The maximum atomic E-state index is 6.10. The fourth-order valence-electron chi connectivity index (χ4n) is 1.38. The van der Waals surface area contributed by atoms with E-state index < -0.39 is 0 Å². The van der Waals surface area contributed by atoms with Crippen LogP contribution in [0, 0.1) is 6.92 Å². The van der Waals surface area contributed by atoms with Gasteiger partial charge in [-0.1, -0.05) is 41.9 Å². The lowest BCUT2D eigenvalue weighted by atomic mass is 10.3. The molecule has 0 aliphatic rings. The maximum Gasteiger partial charge on any atom is 0.136 e. The molecule has 0 unspecified atom stereocenters. The van der Waals surface area contributed by atoms with Crippen molar-refractivity contribution in [1.29, 1.82) is 0 Å². The molecule has 0 aliphatic carbocycles. The third-order valence-electron chi connectivity index (χ3n) is 2.43. The van der Waals surface area contributed by atoms with Gasteiger partial charge >= 0.3 is 0 Å². The maximum absolute atomic E-state index is 6.10. The first kappa shape index (κ1) is 13.7. The van der Waals surface area contributed by atoms with E-state index in [4.69, 9.17) is 23.2 Å². The van der Waals surface area contributed by atoms with E-state index in [9.17, 15) is 0 Å². The Morgan fingerprint density at radius 3 is 2.39 bits per heavy atom. The van der Waals surface area contributed by atoms with Gasteiger partial charge in [0.1, 0.15) is 16.0 Å². The summed E-state index contributed by atoms with van der Waals surface area (Å²) in [5, 5.41) is 2.15. The van der Waals surface area contributed by atoms with Crippen LogP contribution in [0.5, 0.6) is 0 Å². The van der Waals surface area contributed by atoms with Gasteiger partial charge in [0.25, 0.3) is 0 Å². The fourth-order valence-corrected chi connectivity index (χ4v) is 2.65. The number of nitrogens with zero attached hydrogens (tertiary/aromatic N) is 2. The molecule has 0 atom stereocenters. The minimum atomic E-state index is 0.526. The van der Waals surface area contributed by atoms with Crippen LogP contribution in [0.2, 0.25) is 10.2 Å². The van der Waals surface area contributed by atoms with Crippen molar-refractivity contribution in [2.24, 2.45) is 0 Å². The molecule has 2 aromatic rings. The van der Waals surface area contributed by atoms with E-state index in [-0.39, 0.29) is 0 Å². The minimum Gasteiger partial charge on any atom is -0.226 e. The van der Waals surface area contributed by atoms with Gasteiger partial charge in [-0.25, -0.2) is 9.97 Å². The Kier molecular flexibility index (Phi) is 4.49. The molecule has 94 valence electrons. The Labute approximate surface area is 121 Å². The first-order valence-corrected chi connectivity index (χ1v) is 7.14. The average Bonchev–Trinajstić information content (AvgIpc) is 2.37. The summed E-state index contributed by atoms with van der Waals surface area (Å²) in [6.45, 7) is 3.94. The van der Waals surface area contributed by atoms with Crippen LogP contribution in [0.1, 0.15) is 18.3 Å². The van der Waals surface area contributed by atoms with Crippen molar-refractivity contribution in [3.63, 3.8) is 0 Å². The molecule has 1 aromatic heterocycles. The summed E-state index contributed by atoms with van der Waals surface area (Å²) in [7, 11) is 0. The predicted molar refractivity (Wildman–Crippen MR) is 76.7 cm³/mol. The summed E-state index contributed by atoms with van der Waals surface area (Å²) < 4.78 is 0. The number of halogens is 2. The van der Waals surface area contributed by atoms with E-state index >= 15 is 0 Å². The largest absolute Gasteiger partial charge is 0.226 e. The van der Waals surface area contributed by atoms with Gasteiger partial charge in [0.05, 0.1) is 0 Å². The molecule has 2 rings (SSSR count). The summed E-state index contributed by atoms with van der Waals surface area (Å²) in [5.74, 6) is 0.766. The Bertz CT molecular complexity index is 556. The van der Waals surface area contributed by atoms with E-state index in [0.717, 1.165) is 32.8 Å². The van der Waals surface area contributed by atoms with Gasteiger partial charge in [0, 0.05) is 21.9 Å². The topological polar surface area (TPSA) is 25.8 Å². The SMILES string of the molecule is CCc1nc(Cl)c(C)c(Sc2ccc(Cl)cc2)n1. The van der Waals surface area contributed by atoms with Crippen molar-refractivity contribution in [2.45, 2.75) is 30.2 Å². The van der Waals surface area contributed by atoms with Crippen LogP contribution >= 0.6 is 35.0 Å². The highest BCUT2D eigenvalue weighted by molar-refractivity contribution is 7.99. The van der Waals surface area contributed by atoms with Gasteiger partial charge in [-0.2, -0.15) is 0 Å². The number of hydrogen-bond donors (Lipinski definition) is 0. The molecule has 0 N–H and O–H groups in total. The fraction of sp³-hybridized carbons (Fsp3) is 0.231. The smallest absolute Gasteiger partial charge is 0.136 e. The number of rotatable bonds is 3. The molecule has 18 heavy (non-hydrogen) atoms. The molecule has 0 amide bonds. The second kappa shape index (κ2) is 5.91. The van der Waals surface area contributed by atoms with Crippen molar-refractivity contribution in [3.05, 3.63) is 45.8 Å². The number of hydrogen-bond acceptors (Lipinski definition) is 3. The van der Waals surface area contributed by atoms with Gasteiger partial charge < -0.3 is 0 Å². The summed E-state index contributed by atoms with van der Waals surface area (Å²) in [6.07, 6.45) is 0.772. The molecule has 0 spiro atoms. The van der Waals surface area contributed by atoms with Crippen LogP contribution in [0.4, 0.5) is 0 Å². The first-order valence-electron chi connectivity index (χ1n) is 5.56. The minimum absolute atomic E-state index is 0.526. The Morgan fingerprint density at radius 1 is 1.11 bits per heavy atom.